The molecule has 0 bridgehead atoms. The van der Waals surface area contributed by atoms with Gasteiger partial charge in [-0.25, -0.2) is 4.79 Å². The molecule has 0 unspecified atom stereocenters. The summed E-state index contributed by atoms with van der Waals surface area (Å²) in [5.41, 5.74) is 4.48. The molecule has 2 rings (SSSR count). The first-order valence-electron chi connectivity index (χ1n) is 8.15. The Balaban J connectivity index is 2.84. The van der Waals surface area contributed by atoms with Crippen LogP contribution in [0.3, 0.4) is 0 Å². The van der Waals surface area contributed by atoms with Crippen molar-refractivity contribution in [2.24, 2.45) is 0 Å². The van der Waals surface area contributed by atoms with Crippen LogP contribution >= 0.6 is 0 Å². The molecule has 0 saturated heterocycles. The van der Waals surface area contributed by atoms with Crippen LogP contribution in [0.1, 0.15) is 38.7 Å². The van der Waals surface area contributed by atoms with E-state index in [2.05, 4.69) is 18.1 Å². The third kappa shape index (κ3) is 4.02. The first-order chi connectivity index (χ1) is 11.9. The van der Waals surface area contributed by atoms with E-state index in [1.54, 1.807) is 25.4 Å². The molecule has 0 aliphatic heterocycles. The van der Waals surface area contributed by atoms with Crippen molar-refractivity contribution in [3.8, 4) is 0 Å². The Kier molecular flexibility index (Phi) is 5.86. The highest BCUT2D eigenvalue weighted by molar-refractivity contribution is 6.17. The summed E-state index contributed by atoms with van der Waals surface area (Å²) in [4.78, 5) is 29.5. The number of hydrogen-bond acceptors (Lipinski definition) is 4. The van der Waals surface area contributed by atoms with Gasteiger partial charge in [-0.15, -0.1) is 0 Å². The molecule has 25 heavy (non-hydrogen) atoms. The number of aromatic nitrogens is 1. The zero-order valence-electron chi connectivity index (χ0n) is 15.0. The lowest BCUT2D eigenvalue weighted by molar-refractivity contribution is -0.135. The van der Waals surface area contributed by atoms with Gasteiger partial charge in [-0.05, 0) is 38.3 Å². The maximum absolute atomic E-state index is 12.9. The van der Waals surface area contributed by atoms with Gasteiger partial charge in [-0.3, -0.25) is 9.78 Å². The van der Waals surface area contributed by atoms with Crippen LogP contribution in [0.4, 0.5) is 0 Å². The number of methoxy groups -OCH3 is 1. The van der Waals surface area contributed by atoms with Crippen LogP contribution in [-0.4, -0.2) is 23.8 Å². The van der Waals surface area contributed by atoms with Crippen molar-refractivity contribution in [1.29, 1.82) is 0 Å². The Labute approximate surface area is 148 Å². The first kappa shape index (κ1) is 18.6. The summed E-state index contributed by atoms with van der Waals surface area (Å²) < 4.78 is 4.96. The summed E-state index contributed by atoms with van der Waals surface area (Å²) in [6, 6.07) is 3.61. The lowest BCUT2D eigenvalue weighted by Crippen LogP contribution is -2.14. The summed E-state index contributed by atoms with van der Waals surface area (Å²) in [5, 5.41) is 0. The molecule has 0 saturated carbocycles. The van der Waals surface area contributed by atoms with Crippen molar-refractivity contribution in [3.63, 3.8) is 0 Å². The van der Waals surface area contributed by atoms with Crippen LogP contribution in [0, 0.1) is 0 Å². The van der Waals surface area contributed by atoms with E-state index in [-0.39, 0.29) is 12.2 Å². The molecule has 1 aliphatic rings. The average Bonchev–Trinajstić information content (AvgIpc) is 2.71. The van der Waals surface area contributed by atoms with E-state index in [1.165, 1.54) is 7.11 Å². The molecular formula is C21H23NO3. The van der Waals surface area contributed by atoms with E-state index >= 15 is 0 Å². The van der Waals surface area contributed by atoms with Crippen molar-refractivity contribution in [2.75, 3.05) is 7.11 Å². The molecule has 0 spiro atoms. The van der Waals surface area contributed by atoms with Gasteiger partial charge < -0.3 is 4.74 Å². The van der Waals surface area contributed by atoms with Crippen molar-refractivity contribution in [2.45, 2.75) is 33.1 Å². The third-order valence-electron chi connectivity index (χ3n) is 4.24. The number of hydrogen-bond donors (Lipinski definition) is 0. The number of ether oxygens (including phenoxy) is 1. The maximum atomic E-state index is 12.9. The lowest BCUT2D eigenvalue weighted by atomic mass is 9.85. The van der Waals surface area contributed by atoms with Crippen LogP contribution in [0.2, 0.25) is 0 Å². The van der Waals surface area contributed by atoms with Crippen molar-refractivity contribution in [3.05, 3.63) is 71.1 Å². The molecule has 4 nitrogen and oxygen atoms in total. The van der Waals surface area contributed by atoms with Gasteiger partial charge in [0, 0.05) is 35.5 Å². The van der Waals surface area contributed by atoms with Gasteiger partial charge in [0.15, 0.2) is 5.78 Å². The van der Waals surface area contributed by atoms with E-state index in [0.717, 1.165) is 24.0 Å². The number of Topliss-reactive ketones (excluding diaryl/α,β-unsaturated/α-hetero) is 1. The summed E-state index contributed by atoms with van der Waals surface area (Å²) in [5.74, 6) is -0.552. The minimum absolute atomic E-state index is 0.0403. The van der Waals surface area contributed by atoms with Gasteiger partial charge in [0.05, 0.1) is 12.7 Å². The molecule has 130 valence electrons. The molecule has 0 atom stereocenters. The molecular weight excluding hydrogens is 314 g/mol. The Morgan fingerprint density at radius 1 is 1.32 bits per heavy atom. The summed E-state index contributed by atoms with van der Waals surface area (Å²) in [6.45, 7) is 11.6. The minimum Gasteiger partial charge on any atom is -0.465 e. The molecule has 0 aromatic carbocycles. The van der Waals surface area contributed by atoms with Gasteiger partial charge in [0.2, 0.25) is 0 Å². The zero-order valence-corrected chi connectivity index (χ0v) is 15.0. The summed E-state index contributed by atoms with van der Waals surface area (Å²) in [7, 11) is 1.32. The third-order valence-corrected chi connectivity index (χ3v) is 4.24. The standard InChI is InChI=1S/C21H23NO3/c1-13(2)18(21(24)25-5)20(16-7-6-10-22-12-16)19-15(4)9-8-14(3)11-17(19)23/h6-7,10,12H,1,3,8-9,11H2,2,4-5H3/b20-18+. The van der Waals surface area contributed by atoms with Gasteiger partial charge in [-0.1, -0.05) is 30.4 Å². The number of ketones is 1. The molecule has 1 heterocycles. The number of esters is 1. The van der Waals surface area contributed by atoms with E-state index in [4.69, 9.17) is 4.74 Å². The molecule has 0 radical (unpaired) electrons. The molecule has 4 heteroatoms. The number of carbonyl (C=O) groups excluding carboxylic acids is 2. The monoisotopic (exact) mass is 337 g/mol. The van der Waals surface area contributed by atoms with E-state index < -0.39 is 5.97 Å². The minimum atomic E-state index is -0.512. The van der Waals surface area contributed by atoms with Crippen LogP contribution in [0.5, 0.6) is 0 Å². The van der Waals surface area contributed by atoms with Gasteiger partial charge in [-0.2, -0.15) is 0 Å². The van der Waals surface area contributed by atoms with Crippen molar-refractivity contribution in [1.82, 2.24) is 4.98 Å². The molecule has 1 aromatic heterocycles. The van der Waals surface area contributed by atoms with Crippen LogP contribution in [0.15, 0.2) is 65.5 Å². The van der Waals surface area contributed by atoms with Gasteiger partial charge >= 0.3 is 5.97 Å². The lowest BCUT2D eigenvalue weighted by Gasteiger charge is -2.18. The number of pyridine rings is 1. The predicted molar refractivity (Wildman–Crippen MR) is 98.7 cm³/mol. The Hall–Kier alpha value is -2.75. The zero-order chi connectivity index (χ0) is 18.6. The predicted octanol–water partition coefficient (Wildman–Crippen LogP) is 4.21. The highest BCUT2D eigenvalue weighted by atomic mass is 16.5. The number of rotatable bonds is 4. The highest BCUT2D eigenvalue weighted by Gasteiger charge is 2.28. The Morgan fingerprint density at radius 2 is 2.04 bits per heavy atom. The van der Waals surface area contributed by atoms with Gasteiger partial charge in [0.25, 0.3) is 0 Å². The van der Waals surface area contributed by atoms with Crippen LogP contribution in [0.25, 0.3) is 5.57 Å². The largest absolute Gasteiger partial charge is 0.465 e. The molecule has 1 aliphatic carbocycles. The maximum Gasteiger partial charge on any atom is 0.338 e. The Morgan fingerprint density at radius 3 is 2.60 bits per heavy atom. The second-order valence-corrected chi connectivity index (χ2v) is 6.27. The van der Waals surface area contributed by atoms with Crippen molar-refractivity contribution < 1.29 is 14.3 Å². The normalized spacial score (nSPS) is 16.3. The van der Waals surface area contributed by atoms with Gasteiger partial charge in [0.1, 0.15) is 0 Å². The van der Waals surface area contributed by atoms with Crippen LogP contribution in [-0.2, 0) is 14.3 Å². The number of allylic oxidation sites excluding steroid dienone is 4. The molecule has 0 N–H and O–H groups in total. The van der Waals surface area contributed by atoms with Crippen LogP contribution < -0.4 is 0 Å². The average molecular weight is 337 g/mol. The van der Waals surface area contributed by atoms with Crippen molar-refractivity contribution >= 4 is 17.3 Å². The number of carbonyl (C=O) groups is 2. The molecule has 0 fully saturated rings. The highest BCUT2D eigenvalue weighted by Crippen LogP contribution is 2.37. The Bertz CT molecular complexity index is 798. The SMILES string of the molecule is C=C1CCC(C)=C(/C(=C(\C(=C)C)C(=O)OC)c2cccnc2)C(=O)C1. The number of nitrogens with zero attached hydrogens (tertiary/aromatic N) is 1. The fraction of sp³-hybridized carbons (Fsp3) is 0.286. The fourth-order valence-corrected chi connectivity index (χ4v) is 3.00. The molecule has 0 amide bonds. The topological polar surface area (TPSA) is 56.3 Å². The van der Waals surface area contributed by atoms with E-state index in [1.807, 2.05) is 13.0 Å². The second-order valence-electron chi connectivity index (χ2n) is 6.27. The van der Waals surface area contributed by atoms with E-state index in [0.29, 0.717) is 27.9 Å². The smallest absolute Gasteiger partial charge is 0.338 e. The summed E-state index contributed by atoms with van der Waals surface area (Å²) >= 11 is 0. The van der Waals surface area contributed by atoms with E-state index in [9.17, 15) is 9.59 Å². The first-order valence-corrected chi connectivity index (χ1v) is 8.15. The summed E-state index contributed by atoms with van der Waals surface area (Å²) in [6.07, 6.45) is 5.07. The fourth-order valence-electron chi connectivity index (χ4n) is 3.00. The quantitative estimate of drug-likeness (QED) is 0.357. The molecule has 1 aromatic rings. The second kappa shape index (κ2) is 7.88.